The van der Waals surface area contributed by atoms with Crippen LogP contribution < -0.4 is 10.1 Å². The van der Waals surface area contributed by atoms with E-state index in [9.17, 15) is 14.9 Å². The Kier molecular flexibility index (Phi) is 7.78. The lowest BCUT2D eigenvalue weighted by molar-refractivity contribution is -0.131. The second-order valence-electron chi connectivity index (χ2n) is 8.51. The van der Waals surface area contributed by atoms with E-state index >= 15 is 0 Å². The summed E-state index contributed by atoms with van der Waals surface area (Å²) in [7, 11) is 0. The summed E-state index contributed by atoms with van der Waals surface area (Å²) in [5.41, 5.74) is 3.17. The van der Waals surface area contributed by atoms with Gasteiger partial charge in [-0.15, -0.1) is 11.3 Å². The van der Waals surface area contributed by atoms with Gasteiger partial charge in [-0.1, -0.05) is 31.2 Å². The molecule has 1 N–H and O–H groups in total. The molecule has 0 bridgehead atoms. The molecule has 1 aliphatic rings. The number of carbonyl (C=O) groups is 2. The summed E-state index contributed by atoms with van der Waals surface area (Å²) in [6.07, 6.45) is 2.79. The molecule has 0 radical (unpaired) electrons. The second-order valence-corrected chi connectivity index (χ2v) is 9.61. The van der Waals surface area contributed by atoms with Crippen LogP contribution in [0.15, 0.2) is 48.7 Å². The maximum Gasteiger partial charge on any atom is 0.228 e. The summed E-state index contributed by atoms with van der Waals surface area (Å²) in [5, 5.41) is 13.3. The third-order valence-corrected chi connectivity index (χ3v) is 7.21. The first kappa shape index (κ1) is 24.4. The number of hydrogen-bond acceptors (Lipinski definition) is 6. The second kappa shape index (κ2) is 11.2. The van der Waals surface area contributed by atoms with E-state index in [0.29, 0.717) is 36.7 Å². The van der Waals surface area contributed by atoms with Crippen molar-refractivity contribution in [2.75, 3.05) is 18.5 Å². The van der Waals surface area contributed by atoms with Crippen molar-refractivity contribution >= 4 is 28.2 Å². The van der Waals surface area contributed by atoms with Gasteiger partial charge in [-0.05, 0) is 48.6 Å². The molecule has 0 spiro atoms. The summed E-state index contributed by atoms with van der Waals surface area (Å²) in [6.45, 7) is 5.47. The zero-order valence-corrected chi connectivity index (χ0v) is 20.7. The summed E-state index contributed by atoms with van der Waals surface area (Å²) in [5.74, 6) is 0.600. The minimum Gasteiger partial charge on any atom is -0.494 e. The first-order valence-corrected chi connectivity index (χ1v) is 12.6. The van der Waals surface area contributed by atoms with Crippen LogP contribution in [0.1, 0.15) is 53.4 Å². The van der Waals surface area contributed by atoms with Gasteiger partial charge in [-0.25, -0.2) is 0 Å². The minimum absolute atomic E-state index is 0.00799. The number of rotatable bonds is 8. The Morgan fingerprint density at radius 3 is 2.80 bits per heavy atom. The molecule has 7 nitrogen and oxygen atoms in total. The highest BCUT2D eigenvalue weighted by Crippen LogP contribution is 2.37. The van der Waals surface area contributed by atoms with Crippen LogP contribution in [0.3, 0.4) is 0 Å². The summed E-state index contributed by atoms with van der Waals surface area (Å²) in [4.78, 5) is 32.7. The number of nitrogens with zero attached hydrogens (tertiary/aromatic N) is 3. The molecule has 4 rings (SSSR count). The van der Waals surface area contributed by atoms with Gasteiger partial charge in [0.2, 0.25) is 11.8 Å². The minimum atomic E-state index is -0.151. The molecule has 0 saturated carbocycles. The quantitative estimate of drug-likeness (QED) is 0.497. The largest absolute Gasteiger partial charge is 0.494 e. The van der Waals surface area contributed by atoms with Crippen molar-refractivity contribution in [3.8, 4) is 11.8 Å². The standard InChI is InChI=1S/C27H28N4O3S/c1-3-34-23-10-5-4-9-20(23)18(2)14-25(32)30-27-22(16-28)21-11-13-31(17-24(21)35-27)26(33)15-19-8-6-7-12-29-19/h4-10,12,18H,3,11,13-15,17H2,1-2H3,(H,30,32)/t18-/m0/s1. The van der Waals surface area contributed by atoms with Crippen molar-refractivity contribution in [2.45, 2.75) is 45.6 Å². The smallest absolute Gasteiger partial charge is 0.228 e. The zero-order valence-electron chi connectivity index (χ0n) is 19.9. The van der Waals surface area contributed by atoms with Crippen molar-refractivity contribution in [3.63, 3.8) is 0 Å². The van der Waals surface area contributed by atoms with Crippen molar-refractivity contribution < 1.29 is 14.3 Å². The fourth-order valence-corrected chi connectivity index (χ4v) is 5.56. The van der Waals surface area contributed by atoms with E-state index in [1.54, 1.807) is 11.1 Å². The monoisotopic (exact) mass is 488 g/mol. The van der Waals surface area contributed by atoms with Crippen LogP contribution in [0.25, 0.3) is 0 Å². The lowest BCUT2D eigenvalue weighted by atomic mass is 9.96. The molecule has 1 aromatic carbocycles. The Bertz CT molecular complexity index is 1250. The van der Waals surface area contributed by atoms with Crippen LogP contribution in [0.2, 0.25) is 0 Å². The fraction of sp³-hybridized carbons (Fsp3) is 0.333. The molecular weight excluding hydrogens is 460 g/mol. The first-order valence-electron chi connectivity index (χ1n) is 11.7. The van der Waals surface area contributed by atoms with E-state index in [1.165, 1.54) is 11.3 Å². The Balaban J connectivity index is 1.43. The molecule has 2 aromatic heterocycles. The number of fused-ring (bicyclic) bond motifs is 1. The molecule has 180 valence electrons. The van der Waals surface area contributed by atoms with E-state index in [2.05, 4.69) is 16.4 Å². The number of anilines is 1. The number of carbonyl (C=O) groups excluding carboxylic acids is 2. The number of nitrogens with one attached hydrogen (secondary N) is 1. The van der Waals surface area contributed by atoms with E-state index < -0.39 is 0 Å². The topological polar surface area (TPSA) is 95.3 Å². The molecule has 1 aliphatic heterocycles. The van der Waals surface area contributed by atoms with Gasteiger partial charge in [0.05, 0.1) is 25.1 Å². The number of aromatic nitrogens is 1. The van der Waals surface area contributed by atoms with Gasteiger partial charge in [-0.3, -0.25) is 14.6 Å². The molecule has 0 unspecified atom stereocenters. The Morgan fingerprint density at radius 1 is 1.26 bits per heavy atom. The van der Waals surface area contributed by atoms with Gasteiger partial charge in [0, 0.05) is 29.7 Å². The molecule has 1 atom stereocenters. The van der Waals surface area contributed by atoms with Crippen LogP contribution in [-0.4, -0.2) is 34.8 Å². The Labute approximate surface area is 209 Å². The van der Waals surface area contributed by atoms with Gasteiger partial charge in [0.15, 0.2) is 0 Å². The number of ether oxygens (including phenoxy) is 1. The molecule has 35 heavy (non-hydrogen) atoms. The van der Waals surface area contributed by atoms with Gasteiger partial charge in [-0.2, -0.15) is 5.26 Å². The summed E-state index contributed by atoms with van der Waals surface area (Å²) in [6, 6.07) is 15.5. The predicted octanol–water partition coefficient (Wildman–Crippen LogP) is 4.67. The Hall–Kier alpha value is -3.70. The number of thiophene rings is 1. The lowest BCUT2D eigenvalue weighted by Gasteiger charge is -2.27. The number of nitriles is 1. The molecule has 0 fully saturated rings. The van der Waals surface area contributed by atoms with Crippen molar-refractivity contribution in [2.24, 2.45) is 0 Å². The number of hydrogen-bond donors (Lipinski definition) is 1. The van der Waals surface area contributed by atoms with Crippen LogP contribution in [0, 0.1) is 11.3 Å². The number of para-hydroxylation sites is 1. The van der Waals surface area contributed by atoms with Gasteiger partial charge >= 0.3 is 0 Å². The summed E-state index contributed by atoms with van der Waals surface area (Å²) >= 11 is 1.39. The Morgan fingerprint density at radius 2 is 2.06 bits per heavy atom. The molecule has 8 heteroatoms. The van der Waals surface area contributed by atoms with E-state index in [0.717, 1.165) is 27.4 Å². The number of benzene rings is 1. The lowest BCUT2D eigenvalue weighted by Crippen LogP contribution is -2.36. The number of pyridine rings is 1. The van der Waals surface area contributed by atoms with Crippen LogP contribution >= 0.6 is 11.3 Å². The van der Waals surface area contributed by atoms with Crippen LogP contribution in [0.4, 0.5) is 5.00 Å². The molecule has 3 aromatic rings. The highest BCUT2D eigenvalue weighted by molar-refractivity contribution is 7.16. The van der Waals surface area contributed by atoms with Gasteiger partial charge in [0.25, 0.3) is 0 Å². The molecule has 0 aliphatic carbocycles. The number of amides is 2. The van der Waals surface area contributed by atoms with E-state index in [1.807, 2.05) is 56.3 Å². The maximum absolute atomic E-state index is 12.9. The normalized spacial score (nSPS) is 13.5. The maximum atomic E-state index is 12.9. The van der Waals surface area contributed by atoms with Crippen molar-refractivity contribution in [1.82, 2.24) is 9.88 Å². The van der Waals surface area contributed by atoms with Gasteiger partial charge < -0.3 is 15.0 Å². The van der Waals surface area contributed by atoms with Crippen LogP contribution in [-0.2, 0) is 29.0 Å². The predicted molar refractivity (Wildman–Crippen MR) is 135 cm³/mol. The van der Waals surface area contributed by atoms with E-state index in [4.69, 9.17) is 4.74 Å². The first-order chi connectivity index (χ1) is 17.0. The molecule has 0 saturated heterocycles. The van der Waals surface area contributed by atoms with Crippen molar-refractivity contribution in [1.29, 1.82) is 5.26 Å². The molecule has 3 heterocycles. The van der Waals surface area contributed by atoms with E-state index in [-0.39, 0.29) is 30.6 Å². The zero-order chi connectivity index (χ0) is 24.8. The third kappa shape index (κ3) is 5.69. The summed E-state index contributed by atoms with van der Waals surface area (Å²) < 4.78 is 5.71. The SMILES string of the molecule is CCOc1ccccc1[C@@H](C)CC(=O)Nc1sc2c(c1C#N)CCN(C(=O)Cc1ccccn1)C2. The third-order valence-electron chi connectivity index (χ3n) is 6.07. The highest BCUT2D eigenvalue weighted by atomic mass is 32.1. The molecular formula is C27H28N4O3S. The highest BCUT2D eigenvalue weighted by Gasteiger charge is 2.28. The average molecular weight is 489 g/mol. The average Bonchev–Trinajstić information content (AvgIpc) is 3.20. The van der Waals surface area contributed by atoms with Crippen LogP contribution in [0.5, 0.6) is 5.75 Å². The molecule has 2 amide bonds. The fourth-order valence-electron chi connectivity index (χ4n) is 4.33. The van der Waals surface area contributed by atoms with Gasteiger partial charge in [0.1, 0.15) is 16.8 Å². The van der Waals surface area contributed by atoms with Crippen molar-refractivity contribution in [3.05, 3.63) is 75.9 Å².